The second kappa shape index (κ2) is 10.7. The Bertz CT molecular complexity index is 1080. The van der Waals surface area contributed by atoms with Crippen LogP contribution in [0.15, 0.2) is 59.4 Å². The van der Waals surface area contributed by atoms with E-state index in [0.29, 0.717) is 18.7 Å². The molecule has 1 unspecified atom stereocenters. The van der Waals surface area contributed by atoms with Crippen LogP contribution in [0.5, 0.6) is 0 Å². The van der Waals surface area contributed by atoms with Gasteiger partial charge in [0.2, 0.25) is 5.91 Å². The zero-order chi connectivity index (χ0) is 24.0. The molecule has 1 atom stereocenters. The number of benzene rings is 2. The molecule has 174 valence electrons. The number of amides is 1. The van der Waals surface area contributed by atoms with Crippen LogP contribution in [0.25, 0.3) is 11.3 Å². The van der Waals surface area contributed by atoms with Gasteiger partial charge in [0.1, 0.15) is 0 Å². The van der Waals surface area contributed by atoms with Crippen molar-refractivity contribution < 1.29 is 4.79 Å². The second-order valence-electron chi connectivity index (χ2n) is 8.07. The molecule has 0 radical (unpaired) electrons. The van der Waals surface area contributed by atoms with Crippen LogP contribution in [0.1, 0.15) is 41.6 Å². The molecule has 1 aliphatic rings. The molecule has 2 aromatic carbocycles. The Balaban J connectivity index is 2.01. The predicted molar refractivity (Wildman–Crippen MR) is 136 cm³/mol. The monoisotopic (exact) mass is 447 g/mol. The third-order valence-corrected chi connectivity index (χ3v) is 5.72. The Labute approximate surface area is 195 Å². The molecule has 8 nitrogen and oxygen atoms in total. The first-order chi connectivity index (χ1) is 15.9. The summed E-state index contributed by atoms with van der Waals surface area (Å²) in [5, 5.41) is 8.00. The van der Waals surface area contributed by atoms with Crippen molar-refractivity contribution in [2.75, 3.05) is 26.0 Å². The minimum atomic E-state index is -0.0141. The molecule has 0 aliphatic carbocycles. The topological polar surface area (TPSA) is 135 Å². The summed E-state index contributed by atoms with van der Waals surface area (Å²) in [6, 6.07) is 14.1. The summed E-state index contributed by atoms with van der Waals surface area (Å²) in [4.78, 5) is 15.8. The SMILES string of the molecule is CN=CC(=CN)c1ccc2c(c1)C(Nc1ccc(CC(=O)NC)cc1)CCN(N)/C2=C(/C)N. The van der Waals surface area contributed by atoms with Crippen molar-refractivity contribution in [2.45, 2.75) is 25.8 Å². The molecule has 33 heavy (non-hydrogen) atoms. The number of anilines is 1. The van der Waals surface area contributed by atoms with Gasteiger partial charge in [0.05, 0.1) is 18.2 Å². The van der Waals surface area contributed by atoms with Crippen molar-refractivity contribution in [1.29, 1.82) is 0 Å². The van der Waals surface area contributed by atoms with E-state index in [2.05, 4.69) is 21.7 Å². The molecule has 1 heterocycles. The van der Waals surface area contributed by atoms with Gasteiger partial charge >= 0.3 is 0 Å². The average Bonchev–Trinajstić information content (AvgIpc) is 2.94. The third kappa shape index (κ3) is 5.53. The van der Waals surface area contributed by atoms with E-state index >= 15 is 0 Å². The first kappa shape index (κ1) is 23.9. The van der Waals surface area contributed by atoms with E-state index in [1.54, 1.807) is 31.5 Å². The number of rotatable bonds is 6. The molecule has 1 amide bonds. The van der Waals surface area contributed by atoms with Gasteiger partial charge in [-0.25, -0.2) is 5.84 Å². The highest BCUT2D eigenvalue weighted by molar-refractivity contribution is 6.09. The molecular formula is C25H33N7O. The number of nitrogens with two attached hydrogens (primary N) is 3. The third-order valence-electron chi connectivity index (χ3n) is 5.72. The maximum absolute atomic E-state index is 11.7. The number of nitrogens with zero attached hydrogens (tertiary/aromatic N) is 2. The van der Waals surface area contributed by atoms with Crippen molar-refractivity contribution in [3.05, 3.63) is 76.6 Å². The summed E-state index contributed by atoms with van der Waals surface area (Å²) in [6.07, 6.45) is 4.42. The lowest BCUT2D eigenvalue weighted by molar-refractivity contribution is -0.119. The van der Waals surface area contributed by atoms with Crippen LogP contribution >= 0.6 is 0 Å². The molecule has 0 spiro atoms. The van der Waals surface area contributed by atoms with Gasteiger partial charge in [0, 0.05) is 55.6 Å². The van der Waals surface area contributed by atoms with Crippen LogP contribution in [-0.2, 0) is 11.2 Å². The van der Waals surface area contributed by atoms with Gasteiger partial charge in [0.15, 0.2) is 0 Å². The molecule has 0 saturated carbocycles. The molecule has 0 aromatic heterocycles. The van der Waals surface area contributed by atoms with Gasteiger partial charge < -0.3 is 27.1 Å². The fourth-order valence-electron chi connectivity index (χ4n) is 4.07. The van der Waals surface area contributed by atoms with Gasteiger partial charge in [-0.2, -0.15) is 0 Å². The summed E-state index contributed by atoms with van der Waals surface area (Å²) in [5.74, 6) is 6.36. The van der Waals surface area contributed by atoms with Gasteiger partial charge in [-0.05, 0) is 48.2 Å². The van der Waals surface area contributed by atoms with Crippen molar-refractivity contribution in [3.63, 3.8) is 0 Å². The normalized spacial score (nSPS) is 18.0. The van der Waals surface area contributed by atoms with E-state index in [4.69, 9.17) is 17.3 Å². The number of fused-ring (bicyclic) bond motifs is 1. The van der Waals surface area contributed by atoms with Crippen LogP contribution in [0.4, 0.5) is 5.69 Å². The Morgan fingerprint density at radius 1 is 1.24 bits per heavy atom. The minimum absolute atomic E-state index is 0.00905. The highest BCUT2D eigenvalue weighted by Gasteiger charge is 2.26. The first-order valence-corrected chi connectivity index (χ1v) is 10.9. The second-order valence-corrected chi connectivity index (χ2v) is 8.07. The summed E-state index contributed by atoms with van der Waals surface area (Å²) in [6.45, 7) is 2.50. The Hall–Kier alpha value is -3.78. The van der Waals surface area contributed by atoms with E-state index in [0.717, 1.165) is 45.6 Å². The predicted octanol–water partition coefficient (Wildman–Crippen LogP) is 2.36. The molecule has 1 aliphatic heterocycles. The Morgan fingerprint density at radius 2 is 1.97 bits per heavy atom. The standard InChI is InChI=1S/C25H33N7O/c1-16(27)25-21-9-6-18(19(14-26)15-29-2)13-22(21)23(10-11-32(25)28)31-20-7-4-17(5-8-20)12-24(33)30-3/h4-9,13-15,23,31H,10-12,26-28H2,1-3H3,(H,30,33)/b19-14?,25-16-,29-15?. The van der Waals surface area contributed by atoms with Crippen molar-refractivity contribution in [1.82, 2.24) is 10.3 Å². The van der Waals surface area contributed by atoms with E-state index < -0.39 is 0 Å². The molecule has 3 rings (SSSR count). The number of carbonyl (C=O) groups excluding carboxylic acids is 1. The Morgan fingerprint density at radius 3 is 2.58 bits per heavy atom. The van der Waals surface area contributed by atoms with Crippen LogP contribution in [0.3, 0.4) is 0 Å². The van der Waals surface area contributed by atoms with Crippen LogP contribution < -0.4 is 27.9 Å². The molecule has 0 bridgehead atoms. The smallest absolute Gasteiger partial charge is 0.224 e. The number of aliphatic imine (C=N–C) groups is 1. The average molecular weight is 448 g/mol. The van der Waals surface area contributed by atoms with E-state index in [1.807, 2.05) is 43.3 Å². The lowest BCUT2D eigenvalue weighted by Gasteiger charge is -2.22. The van der Waals surface area contributed by atoms with Gasteiger partial charge in [-0.3, -0.25) is 9.79 Å². The number of hydrogen-bond acceptors (Lipinski definition) is 7. The zero-order valence-corrected chi connectivity index (χ0v) is 19.4. The highest BCUT2D eigenvalue weighted by atomic mass is 16.1. The van der Waals surface area contributed by atoms with Gasteiger partial charge in [-0.15, -0.1) is 0 Å². The summed E-state index contributed by atoms with van der Waals surface area (Å²) in [5.41, 5.74) is 19.4. The van der Waals surface area contributed by atoms with E-state index in [9.17, 15) is 4.79 Å². The fraction of sp³-hybridized carbons (Fsp3) is 0.280. The quantitative estimate of drug-likeness (QED) is 0.341. The molecule has 8 heteroatoms. The number of carbonyl (C=O) groups is 1. The fourth-order valence-corrected chi connectivity index (χ4v) is 4.07. The summed E-state index contributed by atoms with van der Waals surface area (Å²) < 4.78 is 0. The number of hydrazine groups is 1. The molecule has 2 aromatic rings. The lowest BCUT2D eigenvalue weighted by Crippen LogP contribution is -2.31. The van der Waals surface area contributed by atoms with Crippen LogP contribution in [0.2, 0.25) is 0 Å². The van der Waals surface area contributed by atoms with E-state index in [1.165, 1.54) is 0 Å². The van der Waals surface area contributed by atoms with E-state index in [-0.39, 0.29) is 11.9 Å². The Kier molecular flexibility index (Phi) is 7.74. The van der Waals surface area contributed by atoms with Crippen LogP contribution in [-0.4, -0.2) is 37.8 Å². The first-order valence-electron chi connectivity index (χ1n) is 10.9. The largest absolute Gasteiger partial charge is 0.404 e. The number of allylic oxidation sites excluding steroid dienone is 2. The number of hydrogen-bond donors (Lipinski definition) is 5. The van der Waals surface area contributed by atoms with Gasteiger partial charge in [-0.1, -0.05) is 24.3 Å². The molecular weight excluding hydrogens is 414 g/mol. The van der Waals surface area contributed by atoms with Crippen molar-refractivity contribution >= 4 is 29.1 Å². The van der Waals surface area contributed by atoms with Crippen molar-refractivity contribution in [3.8, 4) is 0 Å². The zero-order valence-electron chi connectivity index (χ0n) is 19.4. The molecule has 0 fully saturated rings. The maximum Gasteiger partial charge on any atom is 0.224 e. The summed E-state index contributed by atoms with van der Waals surface area (Å²) in [7, 11) is 3.36. The summed E-state index contributed by atoms with van der Waals surface area (Å²) >= 11 is 0. The maximum atomic E-state index is 11.7. The van der Waals surface area contributed by atoms with Crippen LogP contribution in [0, 0.1) is 0 Å². The highest BCUT2D eigenvalue weighted by Crippen LogP contribution is 2.36. The number of nitrogens with one attached hydrogen (secondary N) is 2. The number of likely N-dealkylation sites (N-methyl/N-ethyl adjacent to an activating group) is 1. The molecule has 8 N–H and O–H groups in total. The van der Waals surface area contributed by atoms with Gasteiger partial charge in [0.25, 0.3) is 0 Å². The molecule has 0 saturated heterocycles. The minimum Gasteiger partial charge on any atom is -0.404 e. The van der Waals surface area contributed by atoms with Crippen molar-refractivity contribution in [2.24, 2.45) is 22.3 Å². The lowest BCUT2D eigenvalue weighted by atomic mass is 9.92.